The molecule has 1 aromatic heterocycles. The van der Waals surface area contributed by atoms with E-state index in [1.54, 1.807) is 23.8 Å². The topological polar surface area (TPSA) is 62.5 Å². The lowest BCUT2D eigenvalue weighted by Crippen LogP contribution is -2.30. The van der Waals surface area contributed by atoms with Crippen molar-refractivity contribution in [2.45, 2.75) is 33.2 Å². The van der Waals surface area contributed by atoms with Gasteiger partial charge in [0.1, 0.15) is 5.56 Å². The molecule has 1 fully saturated rings. The molecule has 1 N–H and O–H groups in total. The van der Waals surface area contributed by atoms with Gasteiger partial charge in [-0.2, -0.15) is 0 Å². The van der Waals surface area contributed by atoms with Gasteiger partial charge in [0.15, 0.2) is 0 Å². The zero-order chi connectivity index (χ0) is 14.7. The fourth-order valence-corrected chi connectivity index (χ4v) is 2.93. The number of aromatic carboxylic acids is 1. The van der Waals surface area contributed by atoms with Crippen LogP contribution < -0.4 is 5.56 Å². The third-order valence-corrected chi connectivity index (χ3v) is 3.95. The zero-order valence-electron chi connectivity index (χ0n) is 12.1. The molecule has 1 atom stereocenters. The summed E-state index contributed by atoms with van der Waals surface area (Å²) in [5, 5.41) is 9.12. The fourth-order valence-electron chi connectivity index (χ4n) is 2.93. The van der Waals surface area contributed by atoms with Gasteiger partial charge in [-0.25, -0.2) is 4.79 Å². The maximum atomic E-state index is 12.2. The van der Waals surface area contributed by atoms with Crippen LogP contribution in [0.4, 0.5) is 0 Å². The number of likely N-dealkylation sites (tertiary alicyclic amines) is 1. The molecule has 2 rings (SSSR count). The van der Waals surface area contributed by atoms with Gasteiger partial charge in [-0.1, -0.05) is 6.92 Å². The van der Waals surface area contributed by atoms with E-state index in [0.29, 0.717) is 18.0 Å². The van der Waals surface area contributed by atoms with Crippen molar-refractivity contribution < 1.29 is 9.90 Å². The molecular weight excluding hydrogens is 256 g/mol. The molecular formula is C15H22N2O3. The lowest BCUT2D eigenvalue weighted by molar-refractivity contribution is 0.0693. The molecule has 20 heavy (non-hydrogen) atoms. The second-order valence-corrected chi connectivity index (χ2v) is 5.59. The van der Waals surface area contributed by atoms with Gasteiger partial charge >= 0.3 is 5.97 Å². The Morgan fingerprint density at radius 2 is 2.25 bits per heavy atom. The molecule has 0 amide bonds. The Kier molecular flexibility index (Phi) is 4.60. The SMILES string of the molecule is CCCN1CCC(Cn2ccc(C)c(C(=O)O)c2=O)C1. The van der Waals surface area contributed by atoms with Gasteiger partial charge in [0, 0.05) is 19.3 Å². The van der Waals surface area contributed by atoms with Crippen molar-refractivity contribution in [2.24, 2.45) is 5.92 Å². The molecule has 2 heterocycles. The van der Waals surface area contributed by atoms with Crippen LogP contribution in [0.5, 0.6) is 0 Å². The molecule has 1 saturated heterocycles. The number of pyridine rings is 1. The number of hydrogen-bond acceptors (Lipinski definition) is 3. The summed E-state index contributed by atoms with van der Waals surface area (Å²) in [6, 6.07) is 1.71. The van der Waals surface area contributed by atoms with E-state index in [4.69, 9.17) is 5.11 Å². The first kappa shape index (κ1) is 14.8. The maximum Gasteiger partial charge on any atom is 0.341 e. The minimum absolute atomic E-state index is 0.101. The summed E-state index contributed by atoms with van der Waals surface area (Å²) in [4.78, 5) is 25.7. The highest BCUT2D eigenvalue weighted by Gasteiger charge is 2.23. The highest BCUT2D eigenvalue weighted by atomic mass is 16.4. The summed E-state index contributed by atoms with van der Waals surface area (Å²) in [7, 11) is 0. The molecule has 1 aromatic rings. The average Bonchev–Trinajstić information content (AvgIpc) is 2.81. The summed E-state index contributed by atoms with van der Waals surface area (Å²) in [6.45, 7) is 7.60. The molecule has 0 aromatic carbocycles. The third kappa shape index (κ3) is 3.10. The van der Waals surface area contributed by atoms with Crippen LogP contribution in [0, 0.1) is 12.8 Å². The number of nitrogens with zero attached hydrogens (tertiary/aromatic N) is 2. The van der Waals surface area contributed by atoms with E-state index in [2.05, 4.69) is 11.8 Å². The highest BCUT2D eigenvalue weighted by molar-refractivity contribution is 5.88. The number of aryl methyl sites for hydroxylation is 1. The molecule has 0 saturated carbocycles. The molecule has 1 unspecified atom stereocenters. The fraction of sp³-hybridized carbons (Fsp3) is 0.600. The summed E-state index contributed by atoms with van der Waals surface area (Å²) < 4.78 is 1.55. The largest absolute Gasteiger partial charge is 0.477 e. The maximum absolute atomic E-state index is 12.2. The predicted octanol–water partition coefficient (Wildman–Crippen LogP) is 1.59. The third-order valence-electron chi connectivity index (χ3n) is 3.95. The molecule has 0 radical (unpaired) electrons. The minimum Gasteiger partial charge on any atom is -0.477 e. The van der Waals surface area contributed by atoms with E-state index >= 15 is 0 Å². The van der Waals surface area contributed by atoms with E-state index < -0.39 is 5.97 Å². The average molecular weight is 278 g/mol. The Labute approximate surface area is 118 Å². The van der Waals surface area contributed by atoms with Crippen molar-refractivity contribution in [3.63, 3.8) is 0 Å². The van der Waals surface area contributed by atoms with E-state index in [1.807, 2.05) is 0 Å². The Bertz CT molecular complexity index is 551. The van der Waals surface area contributed by atoms with Gasteiger partial charge in [-0.05, 0) is 50.4 Å². The van der Waals surface area contributed by atoms with Crippen LogP contribution in [0.2, 0.25) is 0 Å². The van der Waals surface area contributed by atoms with Crippen molar-refractivity contribution in [3.05, 3.63) is 33.7 Å². The molecule has 1 aliphatic heterocycles. The van der Waals surface area contributed by atoms with Gasteiger partial charge in [-0.15, -0.1) is 0 Å². The van der Waals surface area contributed by atoms with Crippen molar-refractivity contribution in [1.29, 1.82) is 0 Å². The molecule has 1 aliphatic rings. The lowest BCUT2D eigenvalue weighted by atomic mass is 10.1. The normalized spacial score (nSPS) is 19.4. The van der Waals surface area contributed by atoms with Gasteiger partial charge in [0.05, 0.1) is 0 Å². The molecule has 5 nitrogen and oxygen atoms in total. The van der Waals surface area contributed by atoms with Gasteiger partial charge in [0.2, 0.25) is 0 Å². The van der Waals surface area contributed by atoms with Crippen molar-refractivity contribution in [2.75, 3.05) is 19.6 Å². The van der Waals surface area contributed by atoms with Crippen molar-refractivity contribution >= 4 is 5.97 Å². The second kappa shape index (κ2) is 6.22. The van der Waals surface area contributed by atoms with Gasteiger partial charge in [-0.3, -0.25) is 4.79 Å². The number of carbonyl (C=O) groups is 1. The van der Waals surface area contributed by atoms with Crippen LogP contribution in [0.15, 0.2) is 17.1 Å². The van der Waals surface area contributed by atoms with E-state index in [-0.39, 0.29) is 11.1 Å². The van der Waals surface area contributed by atoms with Gasteiger partial charge < -0.3 is 14.6 Å². The Morgan fingerprint density at radius 3 is 2.90 bits per heavy atom. The van der Waals surface area contributed by atoms with Crippen molar-refractivity contribution in [1.82, 2.24) is 9.47 Å². The summed E-state index contributed by atoms with van der Waals surface area (Å²) in [5.74, 6) is -0.704. The monoisotopic (exact) mass is 278 g/mol. The molecule has 110 valence electrons. The molecule has 0 spiro atoms. The van der Waals surface area contributed by atoms with Crippen LogP contribution in [0.25, 0.3) is 0 Å². The van der Waals surface area contributed by atoms with Crippen LogP contribution in [-0.2, 0) is 6.54 Å². The zero-order valence-corrected chi connectivity index (χ0v) is 12.1. The molecule has 5 heteroatoms. The highest BCUT2D eigenvalue weighted by Crippen LogP contribution is 2.18. The standard InChI is InChI=1S/C15H22N2O3/c1-3-6-16-7-5-12(9-16)10-17-8-4-11(2)13(14(17)18)15(19)20/h4,8,12H,3,5-7,9-10H2,1-2H3,(H,19,20). The first-order valence-corrected chi connectivity index (χ1v) is 7.18. The van der Waals surface area contributed by atoms with E-state index in [0.717, 1.165) is 32.5 Å². The van der Waals surface area contributed by atoms with Crippen LogP contribution in [-0.4, -0.2) is 40.2 Å². The predicted molar refractivity (Wildman–Crippen MR) is 77.2 cm³/mol. The molecule has 0 aliphatic carbocycles. The first-order chi connectivity index (χ1) is 9.52. The van der Waals surface area contributed by atoms with E-state index in [1.165, 1.54) is 0 Å². The number of hydrogen-bond donors (Lipinski definition) is 1. The first-order valence-electron chi connectivity index (χ1n) is 7.18. The Morgan fingerprint density at radius 1 is 1.50 bits per heavy atom. The van der Waals surface area contributed by atoms with Crippen LogP contribution >= 0.6 is 0 Å². The number of carboxylic acids is 1. The van der Waals surface area contributed by atoms with E-state index in [9.17, 15) is 9.59 Å². The van der Waals surface area contributed by atoms with Crippen molar-refractivity contribution in [3.8, 4) is 0 Å². The van der Waals surface area contributed by atoms with Crippen LogP contribution in [0.1, 0.15) is 35.7 Å². The number of carboxylic acid groups (broad SMARTS) is 1. The number of aromatic nitrogens is 1. The van der Waals surface area contributed by atoms with Gasteiger partial charge in [0.25, 0.3) is 5.56 Å². The summed E-state index contributed by atoms with van der Waals surface area (Å²) in [6.07, 6.45) is 3.93. The minimum atomic E-state index is -1.14. The lowest BCUT2D eigenvalue weighted by Gasteiger charge is -2.16. The summed E-state index contributed by atoms with van der Waals surface area (Å²) in [5.41, 5.74) is 0.0418. The number of rotatable bonds is 5. The summed E-state index contributed by atoms with van der Waals surface area (Å²) >= 11 is 0. The Hall–Kier alpha value is -1.62. The Balaban J connectivity index is 2.13. The molecule has 0 bridgehead atoms. The second-order valence-electron chi connectivity index (χ2n) is 5.59. The van der Waals surface area contributed by atoms with Crippen LogP contribution in [0.3, 0.4) is 0 Å². The quantitative estimate of drug-likeness (QED) is 0.888. The smallest absolute Gasteiger partial charge is 0.341 e.